The van der Waals surface area contributed by atoms with Crippen LogP contribution in [0.5, 0.6) is 0 Å². The molecule has 78 valence electrons. The van der Waals surface area contributed by atoms with Crippen molar-refractivity contribution in [2.75, 3.05) is 6.54 Å². The van der Waals surface area contributed by atoms with Crippen molar-refractivity contribution in [2.45, 2.75) is 63.5 Å². The van der Waals surface area contributed by atoms with Crippen LogP contribution in [-0.4, -0.2) is 23.5 Å². The molecule has 14 heavy (non-hydrogen) atoms. The first-order valence-electron chi connectivity index (χ1n) is 6.04. The van der Waals surface area contributed by atoms with Gasteiger partial charge < -0.3 is 0 Å². The molecule has 1 aliphatic carbocycles. The Kier molecular flexibility index (Phi) is 3.42. The summed E-state index contributed by atoms with van der Waals surface area (Å²) in [5.74, 6) is 0. The fourth-order valence-electron chi connectivity index (χ4n) is 3.06. The maximum absolute atomic E-state index is 8.80. The lowest BCUT2D eigenvalue weighted by Crippen LogP contribution is -2.45. The van der Waals surface area contributed by atoms with Crippen LogP contribution in [0.4, 0.5) is 0 Å². The first-order chi connectivity index (χ1) is 6.92. The number of hydrogen-bond donors (Lipinski definition) is 0. The zero-order valence-electron chi connectivity index (χ0n) is 8.91. The highest BCUT2D eigenvalue weighted by molar-refractivity contribution is 4.90. The average Bonchev–Trinajstić information content (AvgIpc) is 2.72. The lowest BCUT2D eigenvalue weighted by atomic mass is 9.97. The minimum Gasteiger partial charge on any atom is -0.296 e. The van der Waals surface area contributed by atoms with Crippen LogP contribution < -0.4 is 0 Å². The van der Waals surface area contributed by atoms with Gasteiger partial charge in [-0.1, -0.05) is 19.3 Å². The van der Waals surface area contributed by atoms with Gasteiger partial charge in [0.15, 0.2) is 0 Å². The topological polar surface area (TPSA) is 27.0 Å². The third-order valence-corrected chi connectivity index (χ3v) is 3.79. The summed E-state index contributed by atoms with van der Waals surface area (Å²) in [6.45, 7) is 1.25. The third kappa shape index (κ3) is 2.09. The summed E-state index contributed by atoms with van der Waals surface area (Å²) >= 11 is 0. The van der Waals surface area contributed by atoms with Crippen LogP contribution in [0.2, 0.25) is 0 Å². The lowest BCUT2D eigenvalue weighted by molar-refractivity contribution is 0.0994. The van der Waals surface area contributed by atoms with Crippen LogP contribution >= 0.6 is 0 Å². The van der Waals surface area contributed by atoms with Gasteiger partial charge in [0.05, 0.1) is 12.5 Å². The summed E-state index contributed by atoms with van der Waals surface area (Å²) in [6, 6.07) is 3.74. The summed E-state index contributed by atoms with van der Waals surface area (Å²) in [7, 11) is 0. The van der Waals surface area contributed by atoms with Crippen LogP contribution in [0, 0.1) is 11.3 Å². The van der Waals surface area contributed by atoms with Crippen molar-refractivity contribution >= 4 is 0 Å². The van der Waals surface area contributed by atoms with Crippen molar-refractivity contribution < 1.29 is 0 Å². The minimum absolute atomic E-state index is 0.580. The molecule has 2 aliphatic rings. The molecule has 1 aliphatic heterocycles. The molecule has 2 rings (SSSR count). The van der Waals surface area contributed by atoms with E-state index < -0.39 is 0 Å². The molecule has 0 spiro atoms. The first kappa shape index (κ1) is 9.98. The molecule has 1 atom stereocenters. The number of nitrogens with zero attached hydrogens (tertiary/aromatic N) is 2. The Morgan fingerprint density at radius 2 is 1.79 bits per heavy atom. The maximum Gasteiger partial charge on any atom is 0.0638 e. The Hall–Kier alpha value is -0.550. The lowest BCUT2D eigenvalue weighted by Gasteiger charge is -2.38. The van der Waals surface area contributed by atoms with E-state index in [1.54, 1.807) is 0 Å². The van der Waals surface area contributed by atoms with Gasteiger partial charge in [0.1, 0.15) is 0 Å². The van der Waals surface area contributed by atoms with Crippen molar-refractivity contribution in [3.05, 3.63) is 0 Å². The maximum atomic E-state index is 8.80. The van der Waals surface area contributed by atoms with Gasteiger partial charge >= 0.3 is 0 Å². The molecule has 0 aromatic rings. The number of piperidine rings is 1. The molecule has 0 N–H and O–H groups in total. The van der Waals surface area contributed by atoms with Crippen LogP contribution in [0.25, 0.3) is 0 Å². The summed E-state index contributed by atoms with van der Waals surface area (Å²) in [6.07, 6.45) is 10.2. The predicted octanol–water partition coefficient (Wildman–Crippen LogP) is 2.70. The van der Waals surface area contributed by atoms with E-state index >= 15 is 0 Å². The molecule has 1 saturated carbocycles. The molecule has 1 heterocycles. The highest BCUT2D eigenvalue weighted by Gasteiger charge is 2.30. The fourth-order valence-corrected chi connectivity index (χ4v) is 3.06. The van der Waals surface area contributed by atoms with E-state index in [1.165, 1.54) is 51.5 Å². The molecular weight excluding hydrogens is 172 g/mol. The summed E-state index contributed by atoms with van der Waals surface area (Å²) < 4.78 is 0. The number of hydrogen-bond acceptors (Lipinski definition) is 2. The molecule has 2 nitrogen and oxygen atoms in total. The largest absolute Gasteiger partial charge is 0.296 e. The van der Waals surface area contributed by atoms with E-state index in [1.807, 2.05) is 0 Å². The molecular formula is C12H20N2. The van der Waals surface area contributed by atoms with Crippen molar-refractivity contribution in [1.29, 1.82) is 5.26 Å². The standard InChI is InChI=1S/C12H20N2/c13-9-8-12-7-3-4-10-14(12)11-5-1-2-6-11/h11-12H,1-8,10H2. The predicted molar refractivity (Wildman–Crippen MR) is 56.8 cm³/mol. The van der Waals surface area contributed by atoms with Crippen LogP contribution in [0.3, 0.4) is 0 Å². The highest BCUT2D eigenvalue weighted by atomic mass is 15.2. The second kappa shape index (κ2) is 4.79. The van der Waals surface area contributed by atoms with E-state index in [9.17, 15) is 0 Å². The fraction of sp³-hybridized carbons (Fsp3) is 0.917. The third-order valence-electron chi connectivity index (χ3n) is 3.79. The van der Waals surface area contributed by atoms with E-state index in [2.05, 4.69) is 11.0 Å². The molecule has 0 aromatic carbocycles. The van der Waals surface area contributed by atoms with E-state index in [4.69, 9.17) is 5.26 Å². The molecule has 0 bridgehead atoms. The molecule has 2 fully saturated rings. The zero-order chi connectivity index (χ0) is 9.80. The SMILES string of the molecule is N#CCC1CCCCN1C1CCCC1. The zero-order valence-corrected chi connectivity index (χ0v) is 8.91. The second-order valence-corrected chi connectivity index (χ2v) is 4.69. The Bertz CT molecular complexity index is 213. The van der Waals surface area contributed by atoms with Gasteiger partial charge in [-0.25, -0.2) is 0 Å². The van der Waals surface area contributed by atoms with Crippen molar-refractivity contribution in [3.8, 4) is 6.07 Å². The Morgan fingerprint density at radius 3 is 2.50 bits per heavy atom. The van der Waals surface area contributed by atoms with Gasteiger partial charge in [-0.05, 0) is 32.2 Å². The smallest absolute Gasteiger partial charge is 0.0638 e. The number of rotatable bonds is 2. The van der Waals surface area contributed by atoms with E-state index in [0.717, 1.165) is 12.5 Å². The van der Waals surface area contributed by atoms with E-state index in [0.29, 0.717) is 6.04 Å². The summed E-state index contributed by atoms with van der Waals surface area (Å²) in [5, 5.41) is 8.80. The van der Waals surface area contributed by atoms with Crippen molar-refractivity contribution in [3.63, 3.8) is 0 Å². The molecule has 1 unspecified atom stereocenters. The van der Waals surface area contributed by atoms with Gasteiger partial charge in [0.2, 0.25) is 0 Å². The molecule has 0 radical (unpaired) electrons. The first-order valence-corrected chi connectivity index (χ1v) is 6.04. The number of likely N-dealkylation sites (tertiary alicyclic amines) is 1. The monoisotopic (exact) mass is 192 g/mol. The van der Waals surface area contributed by atoms with Gasteiger partial charge in [0, 0.05) is 12.1 Å². The molecule has 0 amide bonds. The second-order valence-electron chi connectivity index (χ2n) is 4.69. The Balaban J connectivity index is 1.95. The van der Waals surface area contributed by atoms with Gasteiger partial charge in [-0.15, -0.1) is 0 Å². The Morgan fingerprint density at radius 1 is 1.07 bits per heavy atom. The number of nitriles is 1. The molecule has 2 heteroatoms. The van der Waals surface area contributed by atoms with Crippen LogP contribution in [0.1, 0.15) is 51.4 Å². The van der Waals surface area contributed by atoms with Crippen LogP contribution in [-0.2, 0) is 0 Å². The average molecular weight is 192 g/mol. The van der Waals surface area contributed by atoms with Crippen molar-refractivity contribution in [2.24, 2.45) is 0 Å². The van der Waals surface area contributed by atoms with Gasteiger partial charge in [0.25, 0.3) is 0 Å². The highest BCUT2D eigenvalue weighted by Crippen LogP contribution is 2.30. The quantitative estimate of drug-likeness (QED) is 0.672. The van der Waals surface area contributed by atoms with Crippen molar-refractivity contribution in [1.82, 2.24) is 4.90 Å². The summed E-state index contributed by atoms with van der Waals surface area (Å²) in [5.41, 5.74) is 0. The summed E-state index contributed by atoms with van der Waals surface area (Å²) in [4.78, 5) is 2.64. The van der Waals surface area contributed by atoms with Gasteiger partial charge in [-0.3, -0.25) is 4.90 Å². The Labute approximate surface area is 86.9 Å². The van der Waals surface area contributed by atoms with E-state index in [-0.39, 0.29) is 0 Å². The minimum atomic E-state index is 0.580. The van der Waals surface area contributed by atoms with Crippen LogP contribution in [0.15, 0.2) is 0 Å². The van der Waals surface area contributed by atoms with Gasteiger partial charge in [-0.2, -0.15) is 5.26 Å². The normalized spacial score (nSPS) is 30.4. The molecule has 0 aromatic heterocycles. The molecule has 1 saturated heterocycles.